The van der Waals surface area contributed by atoms with Crippen molar-refractivity contribution >= 4 is 17.3 Å². The van der Waals surface area contributed by atoms with Gasteiger partial charge in [-0.25, -0.2) is 0 Å². The predicted molar refractivity (Wildman–Crippen MR) is 70.4 cm³/mol. The fraction of sp³-hybridized carbons (Fsp3) is 0.538. The quantitative estimate of drug-likeness (QED) is 0.871. The van der Waals surface area contributed by atoms with Crippen molar-refractivity contribution in [3.05, 3.63) is 28.8 Å². The van der Waals surface area contributed by atoms with E-state index in [9.17, 15) is 0 Å². The van der Waals surface area contributed by atoms with Gasteiger partial charge in [-0.15, -0.1) is 0 Å². The smallest absolute Gasteiger partial charge is 0.0410 e. The normalized spacial score (nSPS) is 20.4. The Kier molecular flexibility index (Phi) is 3.72. The van der Waals surface area contributed by atoms with Gasteiger partial charge in [0, 0.05) is 23.8 Å². The molecule has 0 aliphatic carbocycles. The lowest BCUT2D eigenvalue weighted by molar-refractivity contribution is 0.549. The van der Waals surface area contributed by atoms with E-state index >= 15 is 0 Å². The molecule has 0 amide bonds. The molecule has 1 aliphatic rings. The Bertz CT molecular complexity index is 365. The van der Waals surface area contributed by atoms with E-state index < -0.39 is 0 Å². The monoisotopic (exact) mass is 238 g/mol. The topological polar surface area (TPSA) is 15.3 Å². The Labute approximate surface area is 103 Å². The second-order valence-corrected chi connectivity index (χ2v) is 5.03. The van der Waals surface area contributed by atoms with Crippen LogP contribution in [0.4, 0.5) is 5.69 Å². The minimum absolute atomic E-state index is 0.778. The summed E-state index contributed by atoms with van der Waals surface area (Å²) in [6.07, 6.45) is 1.28. The highest BCUT2D eigenvalue weighted by Gasteiger charge is 2.22. The van der Waals surface area contributed by atoms with E-state index in [1.807, 2.05) is 19.2 Å². The largest absolute Gasteiger partial charge is 0.371 e. The molecule has 1 aromatic rings. The minimum Gasteiger partial charge on any atom is -0.371 e. The Hall–Kier alpha value is -0.730. The molecule has 1 atom stereocenters. The summed E-state index contributed by atoms with van der Waals surface area (Å²) >= 11 is 5.97. The number of aryl methyl sites for hydroxylation is 1. The molecule has 0 spiro atoms. The average molecular weight is 239 g/mol. The SMILES string of the molecule is CNCC1CCN(c2ccc(Cl)cc2C)C1. The highest BCUT2D eigenvalue weighted by atomic mass is 35.5. The maximum absolute atomic E-state index is 5.97. The lowest BCUT2D eigenvalue weighted by Crippen LogP contribution is -2.24. The summed E-state index contributed by atoms with van der Waals surface area (Å²) in [5.41, 5.74) is 2.61. The summed E-state index contributed by atoms with van der Waals surface area (Å²) in [7, 11) is 2.02. The molecule has 16 heavy (non-hydrogen) atoms. The van der Waals surface area contributed by atoms with Gasteiger partial charge in [-0.1, -0.05) is 11.6 Å². The third kappa shape index (κ3) is 2.50. The van der Waals surface area contributed by atoms with Gasteiger partial charge in [0.15, 0.2) is 0 Å². The van der Waals surface area contributed by atoms with Crippen molar-refractivity contribution in [2.45, 2.75) is 13.3 Å². The molecule has 0 aromatic heterocycles. The zero-order valence-corrected chi connectivity index (χ0v) is 10.7. The van der Waals surface area contributed by atoms with Crippen molar-refractivity contribution in [1.82, 2.24) is 5.32 Å². The fourth-order valence-corrected chi connectivity index (χ4v) is 2.71. The van der Waals surface area contributed by atoms with Crippen molar-refractivity contribution < 1.29 is 0 Å². The summed E-state index contributed by atoms with van der Waals surface area (Å²) in [5, 5.41) is 4.08. The van der Waals surface area contributed by atoms with Crippen molar-refractivity contribution in [1.29, 1.82) is 0 Å². The third-order valence-electron chi connectivity index (χ3n) is 3.28. The number of hydrogen-bond acceptors (Lipinski definition) is 2. The molecular formula is C13H19ClN2. The van der Waals surface area contributed by atoms with Crippen LogP contribution in [0, 0.1) is 12.8 Å². The van der Waals surface area contributed by atoms with E-state index in [1.165, 1.54) is 17.7 Å². The molecule has 1 fully saturated rings. The molecule has 1 unspecified atom stereocenters. The number of hydrogen-bond donors (Lipinski definition) is 1. The maximum atomic E-state index is 5.97. The van der Waals surface area contributed by atoms with Crippen LogP contribution in [0.2, 0.25) is 5.02 Å². The van der Waals surface area contributed by atoms with E-state index in [0.717, 1.165) is 30.6 Å². The van der Waals surface area contributed by atoms with Crippen molar-refractivity contribution in [2.24, 2.45) is 5.92 Å². The van der Waals surface area contributed by atoms with Crippen LogP contribution < -0.4 is 10.2 Å². The van der Waals surface area contributed by atoms with Crippen LogP contribution in [-0.2, 0) is 0 Å². The highest BCUT2D eigenvalue weighted by molar-refractivity contribution is 6.30. The van der Waals surface area contributed by atoms with Crippen LogP contribution in [0.3, 0.4) is 0 Å². The third-order valence-corrected chi connectivity index (χ3v) is 3.51. The molecule has 1 aliphatic heterocycles. The van der Waals surface area contributed by atoms with E-state index in [-0.39, 0.29) is 0 Å². The van der Waals surface area contributed by atoms with Gasteiger partial charge in [-0.2, -0.15) is 0 Å². The summed E-state index contributed by atoms with van der Waals surface area (Å²) in [6.45, 7) is 5.56. The number of halogens is 1. The van der Waals surface area contributed by atoms with Crippen molar-refractivity contribution in [3.63, 3.8) is 0 Å². The average Bonchev–Trinajstić information content (AvgIpc) is 2.67. The minimum atomic E-state index is 0.778. The number of nitrogens with zero attached hydrogens (tertiary/aromatic N) is 1. The summed E-state index contributed by atoms with van der Waals surface area (Å²) in [5.74, 6) is 0.778. The molecule has 2 nitrogen and oxygen atoms in total. The van der Waals surface area contributed by atoms with Crippen LogP contribution in [0.25, 0.3) is 0 Å². The molecule has 1 heterocycles. The highest BCUT2D eigenvalue weighted by Crippen LogP contribution is 2.28. The van der Waals surface area contributed by atoms with Crippen molar-refractivity contribution in [2.75, 3.05) is 31.6 Å². The molecule has 2 rings (SSSR count). The zero-order valence-electron chi connectivity index (χ0n) is 9.96. The van der Waals surface area contributed by atoms with E-state index in [1.54, 1.807) is 0 Å². The van der Waals surface area contributed by atoms with Crippen LogP contribution in [-0.4, -0.2) is 26.7 Å². The summed E-state index contributed by atoms with van der Waals surface area (Å²) < 4.78 is 0. The lowest BCUT2D eigenvalue weighted by Gasteiger charge is -2.21. The lowest BCUT2D eigenvalue weighted by atomic mass is 10.1. The number of rotatable bonds is 3. The molecule has 1 N–H and O–H groups in total. The Balaban J connectivity index is 2.08. The van der Waals surface area contributed by atoms with E-state index in [2.05, 4.69) is 23.2 Å². The Morgan fingerprint density at radius 3 is 3.00 bits per heavy atom. The van der Waals surface area contributed by atoms with Gasteiger partial charge in [0.1, 0.15) is 0 Å². The molecule has 88 valence electrons. The second-order valence-electron chi connectivity index (χ2n) is 4.59. The Morgan fingerprint density at radius 1 is 1.50 bits per heavy atom. The maximum Gasteiger partial charge on any atom is 0.0410 e. The number of benzene rings is 1. The first-order valence-corrected chi connectivity index (χ1v) is 6.24. The van der Waals surface area contributed by atoms with Gasteiger partial charge in [0.25, 0.3) is 0 Å². The summed E-state index contributed by atoms with van der Waals surface area (Å²) in [6, 6.07) is 6.16. The molecule has 0 radical (unpaired) electrons. The van der Waals surface area contributed by atoms with Gasteiger partial charge in [-0.05, 0) is 56.6 Å². The van der Waals surface area contributed by atoms with E-state index in [0.29, 0.717) is 0 Å². The van der Waals surface area contributed by atoms with Gasteiger partial charge in [0.2, 0.25) is 0 Å². The van der Waals surface area contributed by atoms with Crippen LogP contribution in [0.15, 0.2) is 18.2 Å². The van der Waals surface area contributed by atoms with Crippen LogP contribution >= 0.6 is 11.6 Å². The first-order chi connectivity index (χ1) is 7.70. The molecule has 3 heteroatoms. The second kappa shape index (κ2) is 5.07. The standard InChI is InChI=1S/C13H19ClN2/c1-10-7-12(14)3-4-13(10)16-6-5-11(9-16)8-15-2/h3-4,7,11,15H,5-6,8-9H2,1-2H3. The van der Waals surface area contributed by atoms with Gasteiger partial charge < -0.3 is 10.2 Å². The number of nitrogens with one attached hydrogen (secondary N) is 1. The van der Waals surface area contributed by atoms with Crippen LogP contribution in [0.1, 0.15) is 12.0 Å². The first-order valence-electron chi connectivity index (χ1n) is 5.86. The molecule has 0 bridgehead atoms. The van der Waals surface area contributed by atoms with Crippen LogP contribution in [0.5, 0.6) is 0 Å². The van der Waals surface area contributed by atoms with E-state index in [4.69, 9.17) is 11.6 Å². The van der Waals surface area contributed by atoms with Gasteiger partial charge in [-0.3, -0.25) is 0 Å². The Morgan fingerprint density at radius 2 is 2.31 bits per heavy atom. The fourth-order valence-electron chi connectivity index (χ4n) is 2.48. The molecule has 1 saturated heterocycles. The van der Waals surface area contributed by atoms with Crippen molar-refractivity contribution in [3.8, 4) is 0 Å². The van der Waals surface area contributed by atoms with Gasteiger partial charge >= 0.3 is 0 Å². The predicted octanol–water partition coefficient (Wildman–Crippen LogP) is 2.69. The molecule has 0 saturated carbocycles. The first kappa shape index (κ1) is 11.7. The number of anilines is 1. The zero-order chi connectivity index (χ0) is 11.5. The molecular weight excluding hydrogens is 220 g/mol. The van der Waals surface area contributed by atoms with Gasteiger partial charge in [0.05, 0.1) is 0 Å². The summed E-state index contributed by atoms with van der Waals surface area (Å²) in [4.78, 5) is 2.47. The molecule has 1 aromatic carbocycles.